The lowest BCUT2D eigenvalue weighted by molar-refractivity contribution is 0.396. The molecule has 1 aliphatic heterocycles. The van der Waals surface area contributed by atoms with E-state index >= 15 is 0 Å². The van der Waals surface area contributed by atoms with Gasteiger partial charge in [-0.05, 0) is 47.4 Å². The first kappa shape index (κ1) is 19.1. The fourth-order valence-electron chi connectivity index (χ4n) is 6.23. The number of hydrogen-bond donors (Lipinski definition) is 0. The minimum atomic E-state index is -1.15. The maximum Gasteiger partial charge on any atom is 0.108 e. The van der Waals surface area contributed by atoms with Crippen LogP contribution in [-0.2, 0) is 0 Å². The van der Waals surface area contributed by atoms with Gasteiger partial charge in [-0.1, -0.05) is 110 Å². The maximum atomic E-state index is 2.56. The van der Waals surface area contributed by atoms with Crippen molar-refractivity contribution in [3.63, 3.8) is 0 Å². The summed E-state index contributed by atoms with van der Waals surface area (Å²) in [4.78, 5) is 0. The molecule has 29 heavy (non-hydrogen) atoms. The monoisotopic (exact) mass is 398 g/mol. The summed E-state index contributed by atoms with van der Waals surface area (Å²) in [5.41, 5.74) is 6.24. The van der Waals surface area contributed by atoms with E-state index in [2.05, 4.69) is 80.7 Å². The number of hydrogen-bond acceptors (Lipinski definition) is 0. The minimum Gasteiger partial charge on any atom is -0.0764 e. The van der Waals surface area contributed by atoms with Crippen molar-refractivity contribution in [3.8, 4) is 0 Å². The highest BCUT2D eigenvalue weighted by molar-refractivity contribution is 7.13. The molecule has 2 aromatic rings. The van der Waals surface area contributed by atoms with Crippen LogP contribution in [0.15, 0.2) is 59.8 Å². The second-order valence-electron chi connectivity index (χ2n) is 9.93. The lowest BCUT2D eigenvalue weighted by Crippen LogP contribution is -2.19. The van der Waals surface area contributed by atoms with Crippen molar-refractivity contribution < 1.29 is 0 Å². The van der Waals surface area contributed by atoms with Crippen LogP contribution in [0.5, 0.6) is 0 Å². The third kappa shape index (κ3) is 3.28. The summed E-state index contributed by atoms with van der Waals surface area (Å²) in [5.74, 6) is 2.29. The van der Waals surface area contributed by atoms with E-state index in [4.69, 9.17) is 0 Å². The summed E-state index contributed by atoms with van der Waals surface area (Å²) in [6.07, 6.45) is 12.9. The lowest BCUT2D eigenvalue weighted by atomic mass is 9.86. The molecule has 0 spiro atoms. The second-order valence-corrected chi connectivity index (χ2v) is 14.2. The van der Waals surface area contributed by atoms with Crippen LogP contribution in [0.4, 0.5) is 0 Å². The summed E-state index contributed by atoms with van der Waals surface area (Å²) >= 11 is 0. The smallest absolute Gasteiger partial charge is 0.0764 e. The second kappa shape index (κ2) is 7.43. The van der Waals surface area contributed by atoms with Crippen molar-refractivity contribution in [3.05, 3.63) is 82.1 Å². The minimum absolute atomic E-state index is 0.649. The van der Waals surface area contributed by atoms with Gasteiger partial charge in [0.15, 0.2) is 0 Å². The first-order valence-electron chi connectivity index (χ1n) is 11.7. The van der Waals surface area contributed by atoms with Crippen LogP contribution in [-0.4, -0.2) is 8.07 Å². The van der Waals surface area contributed by atoms with Gasteiger partial charge in [0.25, 0.3) is 0 Å². The fourth-order valence-corrected chi connectivity index (χ4v) is 10.4. The van der Waals surface area contributed by atoms with Crippen LogP contribution in [0, 0.1) is 5.92 Å². The van der Waals surface area contributed by atoms with E-state index in [0.29, 0.717) is 5.92 Å². The van der Waals surface area contributed by atoms with E-state index in [0.717, 1.165) is 11.8 Å². The maximum absolute atomic E-state index is 2.56. The van der Waals surface area contributed by atoms with Gasteiger partial charge in [0.1, 0.15) is 8.07 Å². The molecule has 5 rings (SSSR count). The third-order valence-electron chi connectivity index (χ3n) is 7.93. The highest BCUT2D eigenvalue weighted by Gasteiger charge is 2.55. The molecular weight excluding hydrogens is 364 g/mol. The Morgan fingerprint density at radius 3 is 2.48 bits per heavy atom. The predicted molar refractivity (Wildman–Crippen MR) is 129 cm³/mol. The molecule has 2 aromatic carbocycles. The molecule has 0 radical (unpaired) electrons. The molecule has 0 amide bonds. The fraction of sp³-hybridized carbons (Fsp3) is 0.429. The Hall–Kier alpha value is -1.86. The van der Waals surface area contributed by atoms with Crippen LogP contribution in [0.3, 0.4) is 0 Å². The van der Waals surface area contributed by atoms with E-state index in [1.165, 1.54) is 44.1 Å². The van der Waals surface area contributed by atoms with E-state index < -0.39 is 8.07 Å². The Morgan fingerprint density at radius 1 is 0.897 bits per heavy atom. The number of benzene rings is 2. The number of fused-ring (bicyclic) bond motifs is 3. The zero-order chi connectivity index (χ0) is 20.0. The van der Waals surface area contributed by atoms with Gasteiger partial charge in [0, 0.05) is 11.8 Å². The first-order valence-corrected chi connectivity index (χ1v) is 14.7. The average molecular weight is 399 g/mol. The van der Waals surface area contributed by atoms with Crippen molar-refractivity contribution >= 4 is 19.3 Å². The number of allylic oxidation sites excluding steroid dienone is 2. The SMILES string of the molecule is CCC(CCCC1C=Cc2ccccc21)CCC1C2=C(c3ccccc31)[Si]2(C)C. The zero-order valence-corrected chi connectivity index (χ0v) is 19.2. The van der Waals surface area contributed by atoms with Crippen molar-refractivity contribution in [1.82, 2.24) is 0 Å². The highest BCUT2D eigenvalue weighted by Crippen LogP contribution is 2.62. The van der Waals surface area contributed by atoms with E-state index in [9.17, 15) is 0 Å². The van der Waals surface area contributed by atoms with Crippen LogP contribution in [0.2, 0.25) is 13.1 Å². The molecule has 3 atom stereocenters. The Kier molecular flexibility index (Phi) is 4.90. The van der Waals surface area contributed by atoms with Gasteiger partial charge in [-0.25, -0.2) is 0 Å². The summed E-state index contributed by atoms with van der Waals surface area (Å²) in [5, 5.41) is 3.69. The van der Waals surface area contributed by atoms with Crippen molar-refractivity contribution in [2.24, 2.45) is 5.92 Å². The Bertz CT molecular complexity index is 977. The van der Waals surface area contributed by atoms with Crippen LogP contribution < -0.4 is 0 Å². The molecule has 1 heterocycles. The van der Waals surface area contributed by atoms with Crippen molar-refractivity contribution in [2.75, 3.05) is 0 Å². The molecule has 3 aliphatic rings. The largest absolute Gasteiger partial charge is 0.108 e. The van der Waals surface area contributed by atoms with Gasteiger partial charge in [-0.3, -0.25) is 0 Å². The average Bonchev–Trinajstić information content (AvgIpc) is 3.05. The molecule has 2 aliphatic carbocycles. The lowest BCUT2D eigenvalue weighted by Gasteiger charge is -2.24. The van der Waals surface area contributed by atoms with Crippen LogP contribution in [0.25, 0.3) is 11.3 Å². The first-order chi connectivity index (χ1) is 14.1. The molecule has 0 saturated carbocycles. The van der Waals surface area contributed by atoms with Crippen LogP contribution in [0.1, 0.15) is 79.5 Å². The van der Waals surface area contributed by atoms with E-state index in [1.54, 1.807) is 21.9 Å². The zero-order valence-electron chi connectivity index (χ0n) is 18.2. The standard InChI is InChI=1S/C28H34Si/c1-4-20(10-9-12-22-18-17-21-11-5-6-13-23(21)22)16-19-26-24-14-7-8-15-25(24)27-28(26)29(27,2)3/h5-8,11,13-15,17-18,20,22,26H,4,9-10,12,16,19H2,1-3H3. The quantitative estimate of drug-likeness (QED) is 0.394. The summed E-state index contributed by atoms with van der Waals surface area (Å²) in [7, 11) is -1.15. The molecule has 150 valence electrons. The van der Waals surface area contributed by atoms with Crippen molar-refractivity contribution in [1.29, 1.82) is 0 Å². The van der Waals surface area contributed by atoms with Crippen LogP contribution >= 0.6 is 0 Å². The van der Waals surface area contributed by atoms with E-state index in [1.807, 2.05) is 5.20 Å². The highest BCUT2D eigenvalue weighted by atomic mass is 28.3. The summed E-state index contributed by atoms with van der Waals surface area (Å²) in [6.45, 7) is 7.52. The Morgan fingerprint density at radius 2 is 1.66 bits per heavy atom. The van der Waals surface area contributed by atoms with E-state index in [-0.39, 0.29) is 0 Å². The Labute approximate surface area is 177 Å². The molecule has 0 bridgehead atoms. The van der Waals surface area contributed by atoms with Gasteiger partial charge < -0.3 is 0 Å². The summed E-state index contributed by atoms with van der Waals surface area (Å²) in [6, 6.07) is 18.2. The molecule has 0 saturated heterocycles. The molecule has 1 heteroatoms. The van der Waals surface area contributed by atoms with Gasteiger partial charge in [0.05, 0.1) is 0 Å². The number of rotatable bonds is 8. The van der Waals surface area contributed by atoms with Crippen molar-refractivity contribution in [2.45, 2.75) is 70.4 Å². The molecule has 0 N–H and O–H groups in total. The summed E-state index contributed by atoms with van der Waals surface area (Å²) < 4.78 is 0. The molecule has 3 unspecified atom stereocenters. The molecule has 0 nitrogen and oxygen atoms in total. The molecule has 0 fully saturated rings. The third-order valence-corrected chi connectivity index (χ3v) is 11.4. The normalized spacial score (nSPS) is 23.7. The van der Waals surface area contributed by atoms with Gasteiger partial charge in [-0.15, -0.1) is 0 Å². The predicted octanol–water partition coefficient (Wildman–Crippen LogP) is 8.13. The topological polar surface area (TPSA) is 0 Å². The molecular formula is C28H34Si. The molecule has 0 aromatic heterocycles. The van der Waals surface area contributed by atoms with Gasteiger partial charge in [-0.2, -0.15) is 0 Å². The Balaban J connectivity index is 1.16. The van der Waals surface area contributed by atoms with Gasteiger partial charge in [0.2, 0.25) is 0 Å². The van der Waals surface area contributed by atoms with Gasteiger partial charge >= 0.3 is 0 Å².